The third-order valence-electron chi connectivity index (χ3n) is 2.06. The Morgan fingerprint density at radius 2 is 1.93 bits per heavy atom. The fourth-order valence-electron chi connectivity index (χ4n) is 1.10. The van der Waals surface area contributed by atoms with Gasteiger partial charge < -0.3 is 0 Å². The van der Waals surface area contributed by atoms with E-state index in [1.54, 1.807) is 0 Å². The number of unbranched alkanes of at least 4 members (excludes halogenated alkanes) is 2. The number of benzene rings is 1. The van der Waals surface area contributed by atoms with Crippen LogP contribution in [0.1, 0.15) is 31.7 Å². The van der Waals surface area contributed by atoms with Crippen LogP contribution in [-0.4, -0.2) is 4.21 Å². The van der Waals surface area contributed by atoms with E-state index in [9.17, 15) is 4.21 Å². The van der Waals surface area contributed by atoms with Crippen LogP contribution >= 0.6 is 0 Å². The first-order valence-corrected chi connectivity index (χ1v) is 6.36. The van der Waals surface area contributed by atoms with Gasteiger partial charge in [-0.25, -0.2) is 4.21 Å². The van der Waals surface area contributed by atoms with Crippen molar-refractivity contribution in [2.24, 2.45) is 0 Å². The molecular formula is C13H16OS. The van der Waals surface area contributed by atoms with Crippen molar-refractivity contribution in [1.82, 2.24) is 0 Å². The van der Waals surface area contributed by atoms with Crippen LogP contribution in [0.25, 0.3) is 0 Å². The zero-order chi connectivity index (χ0) is 11.1. The molecule has 0 aliphatic heterocycles. The van der Waals surface area contributed by atoms with Crippen molar-refractivity contribution in [3.63, 3.8) is 0 Å². The molecule has 1 aromatic carbocycles. The summed E-state index contributed by atoms with van der Waals surface area (Å²) in [4.78, 5) is 0.796. The van der Waals surface area contributed by atoms with Crippen molar-refractivity contribution in [1.29, 1.82) is 0 Å². The summed E-state index contributed by atoms with van der Waals surface area (Å²) in [6, 6.07) is 7.67. The minimum Gasteiger partial charge on any atom is -0.240 e. The van der Waals surface area contributed by atoms with E-state index in [2.05, 4.69) is 18.1 Å². The average molecular weight is 220 g/mol. The molecule has 0 saturated carbocycles. The summed E-state index contributed by atoms with van der Waals surface area (Å²) < 4.78 is 11.7. The lowest BCUT2D eigenvalue weighted by Crippen LogP contribution is -1.86. The molecule has 0 aliphatic rings. The second-order valence-electron chi connectivity index (χ2n) is 3.46. The van der Waals surface area contributed by atoms with Crippen LogP contribution in [-0.2, 0) is 10.8 Å². The van der Waals surface area contributed by atoms with Gasteiger partial charge in [0.2, 0.25) is 0 Å². The second-order valence-corrected chi connectivity index (χ2v) is 4.68. The predicted octanol–water partition coefficient (Wildman–Crippen LogP) is 3.25. The van der Waals surface area contributed by atoms with Gasteiger partial charge >= 0.3 is 0 Å². The highest BCUT2D eigenvalue weighted by Crippen LogP contribution is 2.07. The summed E-state index contributed by atoms with van der Waals surface area (Å²) >= 11 is 0. The van der Waals surface area contributed by atoms with Crippen molar-refractivity contribution in [2.75, 3.05) is 0 Å². The number of hydrogen-bond acceptors (Lipinski definition) is 1. The molecule has 1 aromatic rings. The molecule has 0 aromatic heterocycles. The first-order valence-electron chi connectivity index (χ1n) is 5.21. The molecule has 0 N–H and O–H groups in total. The molecular weight excluding hydrogens is 204 g/mol. The fraction of sp³-hybridized carbons (Fsp3) is 0.385. The summed E-state index contributed by atoms with van der Waals surface area (Å²) in [5.41, 5.74) is 1.18. The Balaban J connectivity index is 2.60. The standard InChI is InChI=1S/C13H16OS/c1-3-4-5-6-11-15(14)13-9-7-12(2)8-10-13/h7-10H,3-5H2,1-2H3. The van der Waals surface area contributed by atoms with Crippen LogP contribution in [0, 0.1) is 18.1 Å². The molecule has 0 saturated heterocycles. The molecule has 0 radical (unpaired) electrons. The average Bonchev–Trinajstić information content (AvgIpc) is 2.25. The first kappa shape index (κ1) is 12.0. The summed E-state index contributed by atoms with van der Waals surface area (Å²) in [7, 11) is -1.16. The van der Waals surface area contributed by atoms with E-state index in [0.717, 1.165) is 24.2 Å². The van der Waals surface area contributed by atoms with E-state index in [0.29, 0.717) is 0 Å². The maximum Gasteiger partial charge on any atom is 0.130 e. The highest BCUT2D eigenvalue weighted by atomic mass is 32.2. The fourth-order valence-corrected chi connectivity index (χ4v) is 1.84. The molecule has 0 aliphatic carbocycles. The van der Waals surface area contributed by atoms with Gasteiger partial charge in [-0.2, -0.15) is 0 Å². The molecule has 0 bridgehead atoms. The Hall–Kier alpha value is -1.07. The molecule has 80 valence electrons. The zero-order valence-corrected chi connectivity index (χ0v) is 10.1. The Bertz CT molecular complexity index is 381. The van der Waals surface area contributed by atoms with Crippen molar-refractivity contribution in [3.05, 3.63) is 29.8 Å². The maximum atomic E-state index is 11.7. The van der Waals surface area contributed by atoms with Crippen LogP contribution in [0.5, 0.6) is 0 Å². The van der Waals surface area contributed by atoms with Crippen molar-refractivity contribution in [3.8, 4) is 11.2 Å². The minimum atomic E-state index is -1.16. The van der Waals surface area contributed by atoms with Gasteiger partial charge in [0.1, 0.15) is 10.8 Å². The molecule has 1 unspecified atom stereocenters. The smallest absolute Gasteiger partial charge is 0.130 e. The summed E-state index contributed by atoms with van der Waals surface area (Å²) in [5.74, 6) is 2.95. The molecule has 15 heavy (non-hydrogen) atoms. The molecule has 1 nitrogen and oxygen atoms in total. The van der Waals surface area contributed by atoms with Crippen LogP contribution in [0.2, 0.25) is 0 Å². The lowest BCUT2D eigenvalue weighted by atomic mass is 10.2. The van der Waals surface area contributed by atoms with Crippen LogP contribution in [0.4, 0.5) is 0 Å². The monoisotopic (exact) mass is 220 g/mol. The van der Waals surface area contributed by atoms with E-state index < -0.39 is 10.8 Å². The molecule has 2 heteroatoms. The first-order chi connectivity index (χ1) is 7.24. The Kier molecular flexibility index (Phi) is 5.14. The third kappa shape index (κ3) is 4.31. The van der Waals surface area contributed by atoms with Gasteiger partial charge in [0, 0.05) is 11.7 Å². The van der Waals surface area contributed by atoms with Crippen LogP contribution in [0.3, 0.4) is 0 Å². The van der Waals surface area contributed by atoms with Crippen LogP contribution < -0.4 is 0 Å². The van der Waals surface area contributed by atoms with E-state index in [1.165, 1.54) is 5.56 Å². The molecule has 0 amide bonds. The van der Waals surface area contributed by atoms with Crippen molar-refractivity contribution < 1.29 is 4.21 Å². The van der Waals surface area contributed by atoms with Gasteiger partial charge in [-0.3, -0.25) is 0 Å². The minimum absolute atomic E-state index is 0.796. The number of hydrogen-bond donors (Lipinski definition) is 0. The van der Waals surface area contributed by atoms with Crippen molar-refractivity contribution in [2.45, 2.75) is 38.0 Å². The Labute approximate surface area is 94.4 Å². The summed E-state index contributed by atoms with van der Waals surface area (Å²) in [6.45, 7) is 4.14. The largest absolute Gasteiger partial charge is 0.240 e. The Morgan fingerprint density at radius 1 is 1.27 bits per heavy atom. The van der Waals surface area contributed by atoms with Gasteiger partial charge in [-0.05, 0) is 25.5 Å². The normalized spacial score (nSPS) is 11.6. The predicted molar refractivity (Wildman–Crippen MR) is 64.9 cm³/mol. The molecule has 1 atom stereocenters. The van der Waals surface area contributed by atoms with Crippen molar-refractivity contribution >= 4 is 10.8 Å². The van der Waals surface area contributed by atoms with E-state index in [-0.39, 0.29) is 0 Å². The summed E-state index contributed by atoms with van der Waals surface area (Å²) in [6.07, 6.45) is 3.05. The van der Waals surface area contributed by atoms with E-state index in [1.807, 2.05) is 31.2 Å². The summed E-state index contributed by atoms with van der Waals surface area (Å²) in [5, 5.41) is 2.78. The van der Waals surface area contributed by atoms with E-state index in [4.69, 9.17) is 0 Å². The highest BCUT2D eigenvalue weighted by molar-refractivity contribution is 7.89. The third-order valence-corrected chi connectivity index (χ3v) is 3.09. The van der Waals surface area contributed by atoms with E-state index >= 15 is 0 Å². The number of aryl methyl sites for hydroxylation is 1. The van der Waals surface area contributed by atoms with Gasteiger partial charge in [-0.1, -0.05) is 37.0 Å². The SMILES string of the molecule is CCCCC#CS(=O)c1ccc(C)cc1. The maximum absolute atomic E-state index is 11.7. The van der Waals surface area contributed by atoms with Gasteiger partial charge in [0.15, 0.2) is 0 Å². The van der Waals surface area contributed by atoms with Gasteiger partial charge in [0.25, 0.3) is 0 Å². The molecule has 0 spiro atoms. The number of rotatable bonds is 3. The van der Waals surface area contributed by atoms with Crippen LogP contribution in [0.15, 0.2) is 29.2 Å². The molecule has 0 heterocycles. The Morgan fingerprint density at radius 3 is 2.53 bits per heavy atom. The quantitative estimate of drug-likeness (QED) is 0.564. The molecule has 0 fully saturated rings. The lowest BCUT2D eigenvalue weighted by Gasteiger charge is -1.95. The van der Waals surface area contributed by atoms with Gasteiger partial charge in [0.05, 0.1) is 4.90 Å². The lowest BCUT2D eigenvalue weighted by molar-refractivity contribution is 0.689. The highest BCUT2D eigenvalue weighted by Gasteiger charge is 1.97. The molecule has 1 rings (SSSR count). The topological polar surface area (TPSA) is 17.1 Å². The zero-order valence-electron chi connectivity index (χ0n) is 9.25. The second kappa shape index (κ2) is 6.42. The van der Waals surface area contributed by atoms with Gasteiger partial charge in [-0.15, -0.1) is 0 Å².